The molecule has 4 aromatic rings. The van der Waals surface area contributed by atoms with E-state index in [1.165, 1.54) is 39.3 Å². The molecule has 0 aromatic heterocycles. The Morgan fingerprint density at radius 2 is 0.889 bits per heavy atom. The van der Waals surface area contributed by atoms with Gasteiger partial charge in [0.15, 0.2) is 0 Å². The van der Waals surface area contributed by atoms with Gasteiger partial charge in [0, 0.05) is 17.1 Å². The number of hydrogen-bond donors (Lipinski definition) is 0. The van der Waals surface area contributed by atoms with Crippen molar-refractivity contribution in [3.05, 3.63) is 125 Å². The summed E-state index contributed by atoms with van der Waals surface area (Å²) in [5, 5.41) is 0. The second-order valence-corrected chi connectivity index (χ2v) is 7.08. The molecule has 0 N–H and O–H groups in total. The molecular formula is C26H21N. The number of hydrogen-bond acceptors (Lipinski definition) is 1. The lowest BCUT2D eigenvalue weighted by Gasteiger charge is -2.27. The summed E-state index contributed by atoms with van der Waals surface area (Å²) in [6, 6.07) is 36.9. The molecule has 0 aliphatic heterocycles. The molecule has 1 aliphatic rings. The van der Waals surface area contributed by atoms with Crippen molar-refractivity contribution in [2.24, 2.45) is 0 Å². The van der Waals surface area contributed by atoms with E-state index in [0.29, 0.717) is 0 Å². The van der Waals surface area contributed by atoms with Gasteiger partial charge < -0.3 is 4.90 Å². The summed E-state index contributed by atoms with van der Waals surface area (Å²) in [4.78, 5) is 2.33. The number of fused-ring (bicyclic) bond motifs is 2. The van der Waals surface area contributed by atoms with Crippen LogP contribution in [0.5, 0.6) is 0 Å². The standard InChI is InChI=1S/C26H21N/c1-3-11-24(12-4-1)27(25-13-5-2-6-14-25)26-16-15-22-17-20-9-7-8-10-21(20)18-23(22)19-26/h1-16,19H,17-18H2. The average Bonchev–Trinajstić information content (AvgIpc) is 2.74. The first-order chi connectivity index (χ1) is 13.4. The summed E-state index contributed by atoms with van der Waals surface area (Å²) >= 11 is 0. The molecule has 0 fully saturated rings. The van der Waals surface area contributed by atoms with Crippen LogP contribution in [0.25, 0.3) is 0 Å². The molecule has 1 nitrogen and oxygen atoms in total. The van der Waals surface area contributed by atoms with Gasteiger partial charge in [-0.05, 0) is 71.5 Å². The fourth-order valence-electron chi connectivity index (χ4n) is 4.00. The summed E-state index contributed by atoms with van der Waals surface area (Å²) < 4.78 is 0. The van der Waals surface area contributed by atoms with Gasteiger partial charge in [0.05, 0.1) is 0 Å². The van der Waals surface area contributed by atoms with E-state index in [0.717, 1.165) is 12.8 Å². The Morgan fingerprint density at radius 3 is 1.48 bits per heavy atom. The monoisotopic (exact) mass is 347 g/mol. The van der Waals surface area contributed by atoms with Gasteiger partial charge in [0.1, 0.15) is 0 Å². The van der Waals surface area contributed by atoms with Crippen LogP contribution < -0.4 is 4.90 Å². The lowest BCUT2D eigenvalue weighted by Crippen LogP contribution is -2.12. The molecule has 0 amide bonds. The van der Waals surface area contributed by atoms with Crippen molar-refractivity contribution in [3.8, 4) is 0 Å². The van der Waals surface area contributed by atoms with Crippen molar-refractivity contribution in [3.63, 3.8) is 0 Å². The van der Waals surface area contributed by atoms with Crippen molar-refractivity contribution in [2.45, 2.75) is 12.8 Å². The topological polar surface area (TPSA) is 3.24 Å². The Labute approximate surface area is 160 Å². The summed E-state index contributed by atoms with van der Waals surface area (Å²) in [5.74, 6) is 0. The maximum Gasteiger partial charge on any atom is 0.0464 e. The maximum absolute atomic E-state index is 2.37. The fraction of sp³-hybridized carbons (Fsp3) is 0.0769. The van der Waals surface area contributed by atoms with Crippen LogP contribution in [0, 0.1) is 0 Å². The van der Waals surface area contributed by atoms with Gasteiger partial charge in [-0.15, -0.1) is 0 Å². The van der Waals surface area contributed by atoms with E-state index in [1.807, 2.05) is 0 Å². The lowest BCUT2D eigenvalue weighted by molar-refractivity contribution is 0.999. The van der Waals surface area contributed by atoms with Crippen LogP contribution in [0.4, 0.5) is 17.1 Å². The molecule has 0 saturated heterocycles. The van der Waals surface area contributed by atoms with Gasteiger partial charge in [0.25, 0.3) is 0 Å². The van der Waals surface area contributed by atoms with E-state index in [9.17, 15) is 0 Å². The van der Waals surface area contributed by atoms with Gasteiger partial charge >= 0.3 is 0 Å². The second kappa shape index (κ2) is 6.77. The van der Waals surface area contributed by atoms with Crippen molar-refractivity contribution >= 4 is 17.1 Å². The van der Waals surface area contributed by atoms with E-state index >= 15 is 0 Å². The smallest absolute Gasteiger partial charge is 0.0464 e. The number of benzene rings is 4. The van der Waals surface area contributed by atoms with E-state index < -0.39 is 0 Å². The summed E-state index contributed by atoms with van der Waals surface area (Å²) in [6.45, 7) is 0. The zero-order valence-electron chi connectivity index (χ0n) is 15.2. The quantitative estimate of drug-likeness (QED) is 0.353. The Morgan fingerprint density at radius 1 is 0.407 bits per heavy atom. The van der Waals surface area contributed by atoms with Crippen molar-refractivity contribution in [1.82, 2.24) is 0 Å². The van der Waals surface area contributed by atoms with E-state index in [4.69, 9.17) is 0 Å². The molecule has 0 heterocycles. The molecule has 130 valence electrons. The largest absolute Gasteiger partial charge is 0.310 e. The molecule has 4 aromatic carbocycles. The van der Waals surface area contributed by atoms with Crippen LogP contribution in [-0.4, -0.2) is 0 Å². The molecule has 5 rings (SSSR count). The third kappa shape index (κ3) is 3.02. The molecule has 0 unspecified atom stereocenters. The van der Waals surface area contributed by atoms with Crippen LogP contribution in [-0.2, 0) is 12.8 Å². The third-order valence-electron chi connectivity index (χ3n) is 5.36. The molecular weight excluding hydrogens is 326 g/mol. The number of nitrogens with zero attached hydrogens (tertiary/aromatic N) is 1. The number of rotatable bonds is 3. The van der Waals surface area contributed by atoms with Crippen LogP contribution in [0.3, 0.4) is 0 Å². The Balaban J connectivity index is 1.60. The zero-order chi connectivity index (χ0) is 18.1. The van der Waals surface area contributed by atoms with Gasteiger partial charge in [-0.1, -0.05) is 66.7 Å². The fourth-order valence-corrected chi connectivity index (χ4v) is 4.00. The first-order valence-corrected chi connectivity index (χ1v) is 9.47. The SMILES string of the molecule is c1ccc(N(c2ccccc2)c2ccc3c(c2)Cc2ccccc2C3)cc1. The van der Waals surface area contributed by atoms with Crippen LogP contribution in [0.2, 0.25) is 0 Å². The van der Waals surface area contributed by atoms with Crippen LogP contribution in [0.1, 0.15) is 22.3 Å². The molecule has 0 saturated carbocycles. The van der Waals surface area contributed by atoms with E-state index in [2.05, 4.69) is 108 Å². The van der Waals surface area contributed by atoms with Gasteiger partial charge in [-0.2, -0.15) is 0 Å². The first-order valence-electron chi connectivity index (χ1n) is 9.47. The highest BCUT2D eigenvalue weighted by atomic mass is 15.1. The Bertz CT molecular complexity index is 1030. The van der Waals surface area contributed by atoms with E-state index in [1.54, 1.807) is 0 Å². The highest BCUT2D eigenvalue weighted by Crippen LogP contribution is 2.37. The molecule has 0 radical (unpaired) electrons. The minimum Gasteiger partial charge on any atom is -0.310 e. The van der Waals surface area contributed by atoms with E-state index in [-0.39, 0.29) is 0 Å². The van der Waals surface area contributed by atoms with Crippen molar-refractivity contribution in [1.29, 1.82) is 0 Å². The minimum absolute atomic E-state index is 1.01. The highest BCUT2D eigenvalue weighted by molar-refractivity contribution is 5.77. The molecule has 1 aliphatic carbocycles. The molecule has 0 bridgehead atoms. The van der Waals surface area contributed by atoms with Crippen LogP contribution >= 0.6 is 0 Å². The summed E-state index contributed by atoms with van der Waals surface area (Å²) in [7, 11) is 0. The van der Waals surface area contributed by atoms with Crippen molar-refractivity contribution in [2.75, 3.05) is 4.90 Å². The average molecular weight is 347 g/mol. The summed E-state index contributed by atoms with van der Waals surface area (Å²) in [5.41, 5.74) is 9.36. The normalized spacial score (nSPS) is 12.1. The van der Waals surface area contributed by atoms with Crippen molar-refractivity contribution < 1.29 is 0 Å². The first kappa shape index (κ1) is 15.9. The Kier molecular flexibility index (Phi) is 3.99. The highest BCUT2D eigenvalue weighted by Gasteiger charge is 2.18. The number of anilines is 3. The Hall–Kier alpha value is -3.32. The summed E-state index contributed by atoms with van der Waals surface area (Å²) in [6.07, 6.45) is 2.04. The number of para-hydroxylation sites is 2. The maximum atomic E-state index is 2.37. The molecule has 0 spiro atoms. The predicted octanol–water partition coefficient (Wildman–Crippen LogP) is 6.65. The molecule has 1 heteroatoms. The van der Waals surface area contributed by atoms with Crippen LogP contribution in [0.15, 0.2) is 103 Å². The zero-order valence-corrected chi connectivity index (χ0v) is 15.2. The second-order valence-electron chi connectivity index (χ2n) is 7.08. The van der Waals surface area contributed by atoms with Gasteiger partial charge in [-0.25, -0.2) is 0 Å². The molecule has 0 atom stereocenters. The third-order valence-corrected chi connectivity index (χ3v) is 5.36. The van der Waals surface area contributed by atoms with Gasteiger partial charge in [-0.3, -0.25) is 0 Å². The minimum atomic E-state index is 1.01. The predicted molar refractivity (Wildman–Crippen MR) is 113 cm³/mol. The lowest BCUT2D eigenvalue weighted by atomic mass is 9.86. The molecule has 27 heavy (non-hydrogen) atoms. The van der Waals surface area contributed by atoms with Gasteiger partial charge in [0.2, 0.25) is 0 Å².